The standard InChI is InChI=1S/C11H24.C10H22O.C10H22.C9H20O.C9H18.2C9H20.C8H18O.C8H18/c1-9(2)7-6-8-11(5)10(3)4;1-9(2)7-5-6-8-11-10(3)4;1-9(2)7-5-6-8-10(3)4;1-8(2)6-5-7-10-9(3)4;1-6(2)8-5-9(8)7(3)4;2*1-7(2)6-9(5)8(3)4;1-7(2)5-6-9-8(3)4;1-7(2)5-6-8(3)4/h9-11H,6-8H2,1-5H3;9-10H,5-8H2,1-4H3;9-10H,5-8H2,1-4H3;8-9H,5-7H2,1-4H3;6-9H,5H2,1-4H3;2*7-9H,6H2,1-5H3;7-8H,5-6H2,1-4H3;7-8H,5-6H2,1-4H3. The van der Waals surface area contributed by atoms with Crippen LogP contribution in [0.4, 0.5) is 0 Å². The number of ether oxygens (including phenoxy) is 3. The fourth-order valence-electron chi connectivity index (χ4n) is 9.08. The Morgan fingerprint density at radius 2 is 0.465 bits per heavy atom. The smallest absolute Gasteiger partial charge is 0.0518 e. The van der Waals surface area contributed by atoms with Gasteiger partial charge in [0, 0.05) is 19.8 Å². The fourth-order valence-corrected chi connectivity index (χ4v) is 9.08. The Kier molecular flexibility index (Phi) is 82.1. The van der Waals surface area contributed by atoms with Crippen LogP contribution in [0.1, 0.15) is 386 Å². The minimum absolute atomic E-state index is 0.392. The molecule has 0 radical (unpaired) electrons. The summed E-state index contributed by atoms with van der Waals surface area (Å²) in [5.41, 5.74) is 0. The second-order valence-electron chi connectivity index (χ2n) is 34.1. The van der Waals surface area contributed by atoms with Crippen molar-refractivity contribution in [1.29, 1.82) is 0 Å². The summed E-state index contributed by atoms with van der Waals surface area (Å²) in [7, 11) is 0. The molecule has 0 amide bonds. The van der Waals surface area contributed by atoms with Gasteiger partial charge in [0.1, 0.15) is 0 Å². The van der Waals surface area contributed by atoms with Crippen LogP contribution in [0.25, 0.3) is 0 Å². The van der Waals surface area contributed by atoms with E-state index in [-0.39, 0.29) is 0 Å². The fraction of sp³-hybridized carbons (Fsp3) is 1.00. The molecule has 1 aliphatic rings. The normalized spacial score (nSPS) is 14.9. The molecule has 0 bridgehead atoms. The molecule has 0 spiro atoms. The molecule has 0 aromatic heterocycles. The molecule has 5 atom stereocenters. The van der Waals surface area contributed by atoms with E-state index >= 15 is 0 Å². The van der Waals surface area contributed by atoms with E-state index in [2.05, 4.69) is 270 Å². The lowest BCUT2D eigenvalue weighted by molar-refractivity contribution is 0.0709. The SMILES string of the molecule is CC(C)C1CC1C(C)C.CC(C)CC(C)C(C)C.CC(C)CC(C)C(C)C.CC(C)CCC(C)C.CC(C)CCCC(C)C(C)C.CC(C)CCCCC(C)C.CC(C)CCCCOC(C)C.CC(C)CCCOC(C)C.CC(C)CCOC(C)C. The summed E-state index contributed by atoms with van der Waals surface area (Å²) in [6.45, 7) is 91.0. The lowest BCUT2D eigenvalue weighted by Crippen LogP contribution is -2.06. The molecule has 532 valence electrons. The molecule has 0 N–H and O–H groups in total. The number of rotatable bonds is 36. The number of hydrogen-bond acceptors (Lipinski definition) is 3. The van der Waals surface area contributed by atoms with Gasteiger partial charge in [-0.25, -0.2) is 0 Å². The first-order chi connectivity index (χ1) is 39.4. The van der Waals surface area contributed by atoms with Gasteiger partial charge in [-0.3, -0.25) is 0 Å². The van der Waals surface area contributed by atoms with Crippen LogP contribution in [-0.2, 0) is 14.2 Å². The van der Waals surface area contributed by atoms with E-state index in [4.69, 9.17) is 14.2 Å². The lowest BCUT2D eigenvalue weighted by Gasteiger charge is -2.16. The second-order valence-corrected chi connectivity index (χ2v) is 34.1. The maximum Gasteiger partial charge on any atom is 0.0518 e. The molecule has 1 fully saturated rings. The Balaban J connectivity index is -0.000000133. The maximum absolute atomic E-state index is 5.42. The molecule has 3 nitrogen and oxygen atoms in total. The van der Waals surface area contributed by atoms with E-state index in [1.165, 1.54) is 116 Å². The summed E-state index contributed by atoms with van der Waals surface area (Å²) < 4.78 is 16.2. The molecular formula is C83H182O3. The third-order valence-corrected chi connectivity index (χ3v) is 16.4. The van der Waals surface area contributed by atoms with Gasteiger partial charge in [0.05, 0.1) is 18.3 Å². The van der Waals surface area contributed by atoms with E-state index in [0.29, 0.717) is 18.3 Å². The largest absolute Gasteiger partial charge is 0.379 e. The summed E-state index contributed by atoms with van der Waals surface area (Å²) in [5.74, 6) is 17.8. The molecule has 0 saturated heterocycles. The Labute approximate surface area is 553 Å². The van der Waals surface area contributed by atoms with Gasteiger partial charge in [-0.15, -0.1) is 0 Å². The van der Waals surface area contributed by atoms with Crippen molar-refractivity contribution in [1.82, 2.24) is 0 Å². The van der Waals surface area contributed by atoms with Crippen molar-refractivity contribution in [3.8, 4) is 0 Å². The molecule has 0 aromatic rings. The van der Waals surface area contributed by atoms with Crippen molar-refractivity contribution in [2.45, 2.75) is 404 Å². The highest BCUT2D eigenvalue weighted by Crippen LogP contribution is 2.48. The Morgan fingerprint density at radius 3 is 0.686 bits per heavy atom. The van der Waals surface area contributed by atoms with Crippen molar-refractivity contribution < 1.29 is 14.2 Å². The van der Waals surface area contributed by atoms with Gasteiger partial charge in [-0.1, -0.05) is 299 Å². The molecule has 5 unspecified atom stereocenters. The van der Waals surface area contributed by atoms with Gasteiger partial charge < -0.3 is 14.2 Å². The quantitative estimate of drug-likeness (QED) is 0.0585. The Morgan fingerprint density at radius 1 is 0.221 bits per heavy atom. The van der Waals surface area contributed by atoms with Crippen molar-refractivity contribution >= 4 is 0 Å². The van der Waals surface area contributed by atoms with Gasteiger partial charge in [-0.2, -0.15) is 0 Å². The summed E-state index contributed by atoms with van der Waals surface area (Å²) >= 11 is 0. The van der Waals surface area contributed by atoms with Crippen LogP contribution < -0.4 is 0 Å². The van der Waals surface area contributed by atoms with Gasteiger partial charge >= 0.3 is 0 Å². The first kappa shape index (κ1) is 102. The van der Waals surface area contributed by atoms with E-state index in [1.54, 1.807) is 0 Å². The van der Waals surface area contributed by atoms with Crippen LogP contribution in [0.3, 0.4) is 0 Å². The summed E-state index contributed by atoms with van der Waals surface area (Å²) in [6.07, 6.45) is 25.6. The third-order valence-electron chi connectivity index (χ3n) is 16.4. The van der Waals surface area contributed by atoms with Crippen LogP contribution in [0.2, 0.25) is 0 Å². The maximum atomic E-state index is 5.42. The highest BCUT2D eigenvalue weighted by atomic mass is 16.5. The monoisotopic (exact) mass is 1230 g/mol. The van der Waals surface area contributed by atoms with E-state index < -0.39 is 0 Å². The van der Waals surface area contributed by atoms with Crippen LogP contribution in [0, 0.1) is 118 Å². The zero-order valence-corrected chi connectivity index (χ0v) is 68.4. The van der Waals surface area contributed by atoms with Crippen LogP contribution in [0.5, 0.6) is 0 Å². The molecule has 0 aromatic carbocycles. The average molecular weight is 1230 g/mol. The minimum atomic E-state index is 0.392. The molecule has 3 heteroatoms. The number of hydrogen-bond donors (Lipinski definition) is 0. The van der Waals surface area contributed by atoms with Crippen molar-refractivity contribution in [2.75, 3.05) is 19.8 Å². The van der Waals surface area contributed by atoms with Crippen LogP contribution in [0.15, 0.2) is 0 Å². The first-order valence-electron chi connectivity index (χ1n) is 38.2. The second kappa shape index (κ2) is 69.2. The van der Waals surface area contributed by atoms with Crippen molar-refractivity contribution in [3.63, 3.8) is 0 Å². The number of unbranched alkanes of at least 4 members (excludes halogenated alkanes) is 2. The van der Waals surface area contributed by atoms with Crippen molar-refractivity contribution in [3.05, 3.63) is 0 Å². The Hall–Kier alpha value is -0.120. The molecular weight excluding hydrogens is 1040 g/mol. The minimum Gasteiger partial charge on any atom is -0.379 e. The summed E-state index contributed by atoms with van der Waals surface area (Å²) in [4.78, 5) is 0. The molecule has 1 aliphatic carbocycles. The predicted octanol–water partition coefficient (Wildman–Crippen LogP) is 29.2. The van der Waals surface area contributed by atoms with Gasteiger partial charge in [0.25, 0.3) is 0 Å². The topological polar surface area (TPSA) is 27.7 Å². The molecule has 0 aliphatic heterocycles. The lowest BCUT2D eigenvalue weighted by atomic mass is 9.90. The first-order valence-corrected chi connectivity index (χ1v) is 38.2. The Bertz CT molecular complexity index is 1090. The van der Waals surface area contributed by atoms with Crippen LogP contribution in [-0.4, -0.2) is 38.1 Å². The average Bonchev–Trinajstić information content (AvgIpc) is 4.17. The highest BCUT2D eigenvalue weighted by molar-refractivity contribution is 4.89. The third kappa shape index (κ3) is 108. The van der Waals surface area contributed by atoms with Gasteiger partial charge in [0.15, 0.2) is 0 Å². The van der Waals surface area contributed by atoms with E-state index in [1.807, 2.05) is 0 Å². The zero-order valence-electron chi connectivity index (χ0n) is 68.4. The molecule has 0 heterocycles. The molecule has 1 rings (SSSR count). The summed E-state index contributed by atoms with van der Waals surface area (Å²) in [5, 5.41) is 0. The van der Waals surface area contributed by atoms with Gasteiger partial charge in [-0.05, 0) is 205 Å². The van der Waals surface area contributed by atoms with Crippen LogP contribution >= 0.6 is 0 Å². The van der Waals surface area contributed by atoms with E-state index in [0.717, 1.165) is 138 Å². The van der Waals surface area contributed by atoms with Crippen molar-refractivity contribution in [2.24, 2.45) is 118 Å². The summed E-state index contributed by atoms with van der Waals surface area (Å²) in [6, 6.07) is 0. The molecule has 86 heavy (non-hydrogen) atoms. The molecule has 1 saturated carbocycles. The van der Waals surface area contributed by atoms with E-state index in [9.17, 15) is 0 Å². The zero-order chi connectivity index (χ0) is 69.2. The highest BCUT2D eigenvalue weighted by Gasteiger charge is 2.40. The predicted molar refractivity (Wildman–Crippen MR) is 403 cm³/mol. The van der Waals surface area contributed by atoms with Gasteiger partial charge in [0.2, 0.25) is 0 Å².